The normalized spacial score (nSPS) is 9.75. The van der Waals surface area contributed by atoms with Gasteiger partial charge in [-0.3, -0.25) is 4.79 Å². The fourth-order valence-electron chi connectivity index (χ4n) is 1.56. The molecule has 0 saturated heterocycles. The van der Waals surface area contributed by atoms with Crippen LogP contribution in [0.2, 0.25) is 0 Å². The summed E-state index contributed by atoms with van der Waals surface area (Å²) >= 11 is 0. The molecule has 0 fully saturated rings. The van der Waals surface area contributed by atoms with E-state index in [0.717, 1.165) is 30.4 Å². The van der Waals surface area contributed by atoms with Crippen LogP contribution in [0.25, 0.3) is 0 Å². The highest BCUT2D eigenvalue weighted by Gasteiger charge is 2.02. The van der Waals surface area contributed by atoms with Gasteiger partial charge >= 0.3 is 0 Å². The van der Waals surface area contributed by atoms with Crippen LogP contribution in [0.3, 0.4) is 0 Å². The van der Waals surface area contributed by atoms with Crippen LogP contribution in [-0.2, 0) is 4.79 Å². The molecule has 0 spiro atoms. The second kappa shape index (κ2) is 10.3. The number of hydrogen-bond donors (Lipinski definition) is 2. The molecule has 1 rings (SSSR count). The molecule has 0 aliphatic carbocycles. The van der Waals surface area contributed by atoms with Crippen LogP contribution in [0, 0.1) is 5.92 Å². The van der Waals surface area contributed by atoms with E-state index in [-0.39, 0.29) is 12.5 Å². The first-order valence-corrected chi connectivity index (χ1v) is 7.29. The molecule has 4 nitrogen and oxygen atoms in total. The molecule has 0 saturated carbocycles. The Morgan fingerprint density at radius 3 is 1.95 bits per heavy atom. The number of rotatable bonds is 5. The maximum absolute atomic E-state index is 11.1. The van der Waals surface area contributed by atoms with Gasteiger partial charge in [0.05, 0.1) is 6.54 Å². The van der Waals surface area contributed by atoms with Gasteiger partial charge in [-0.05, 0) is 44.0 Å². The topological polar surface area (TPSA) is 58.4 Å². The summed E-state index contributed by atoms with van der Waals surface area (Å²) in [6.45, 7) is 12.7. The summed E-state index contributed by atoms with van der Waals surface area (Å²) in [5, 5.41) is 2.71. The molecule has 0 aliphatic heterocycles. The van der Waals surface area contributed by atoms with Gasteiger partial charge in [-0.1, -0.05) is 20.8 Å². The van der Waals surface area contributed by atoms with E-state index in [9.17, 15) is 4.79 Å². The Morgan fingerprint density at radius 1 is 1.15 bits per heavy atom. The Bertz CT molecular complexity index is 367. The van der Waals surface area contributed by atoms with Crippen LogP contribution in [0.4, 0.5) is 11.4 Å². The third-order valence-electron chi connectivity index (χ3n) is 2.47. The molecule has 0 atom stereocenters. The minimum Gasteiger partial charge on any atom is -0.372 e. The summed E-state index contributed by atoms with van der Waals surface area (Å²) in [7, 11) is 0. The standard InChI is InChI=1S/C12H19N3O.C4H10/c1-3-15(4-2)11-7-5-10(6-8-11)14-12(16)9-13;1-4(2)3/h5-8H,3-4,9,13H2,1-2H3,(H,14,16);4H,1-3H3. The zero-order chi connectivity index (χ0) is 15.5. The average molecular weight is 279 g/mol. The largest absolute Gasteiger partial charge is 0.372 e. The number of carbonyl (C=O) groups is 1. The van der Waals surface area contributed by atoms with Gasteiger partial charge in [0.1, 0.15) is 0 Å². The number of carbonyl (C=O) groups excluding carboxylic acids is 1. The molecule has 1 aromatic rings. The molecule has 0 heterocycles. The molecule has 1 amide bonds. The lowest BCUT2D eigenvalue weighted by Crippen LogP contribution is -2.23. The van der Waals surface area contributed by atoms with Crippen molar-refractivity contribution >= 4 is 17.3 Å². The number of anilines is 2. The molecule has 0 bridgehead atoms. The number of benzene rings is 1. The molecular formula is C16H29N3O. The quantitative estimate of drug-likeness (QED) is 0.870. The number of nitrogens with one attached hydrogen (secondary N) is 1. The minimum absolute atomic E-state index is 0.0117. The van der Waals surface area contributed by atoms with E-state index in [2.05, 4.69) is 44.8 Å². The Labute approximate surface area is 123 Å². The fraction of sp³-hybridized carbons (Fsp3) is 0.562. The first-order valence-electron chi connectivity index (χ1n) is 7.29. The fourth-order valence-corrected chi connectivity index (χ4v) is 1.56. The van der Waals surface area contributed by atoms with Crippen LogP contribution in [0.5, 0.6) is 0 Å². The molecule has 0 aliphatic rings. The van der Waals surface area contributed by atoms with Gasteiger partial charge in [-0.25, -0.2) is 0 Å². The van der Waals surface area contributed by atoms with E-state index in [4.69, 9.17) is 5.73 Å². The van der Waals surface area contributed by atoms with Crippen molar-refractivity contribution in [1.82, 2.24) is 0 Å². The summed E-state index contributed by atoms with van der Waals surface area (Å²) in [6, 6.07) is 7.78. The Kier molecular flexibility index (Phi) is 9.47. The molecule has 3 N–H and O–H groups in total. The zero-order valence-electron chi connectivity index (χ0n) is 13.4. The third kappa shape index (κ3) is 7.79. The highest BCUT2D eigenvalue weighted by atomic mass is 16.1. The van der Waals surface area contributed by atoms with Gasteiger partial charge in [0, 0.05) is 24.5 Å². The molecule has 114 valence electrons. The number of hydrogen-bond acceptors (Lipinski definition) is 3. The van der Waals surface area contributed by atoms with Gasteiger partial charge in [-0.15, -0.1) is 0 Å². The SMILES string of the molecule is CC(C)C.CCN(CC)c1ccc(NC(=O)CN)cc1. The average Bonchev–Trinajstić information content (AvgIpc) is 2.41. The van der Waals surface area contributed by atoms with Crippen molar-refractivity contribution in [2.75, 3.05) is 29.9 Å². The second-order valence-electron chi connectivity index (χ2n) is 5.20. The van der Waals surface area contributed by atoms with E-state index in [1.807, 2.05) is 24.3 Å². The van der Waals surface area contributed by atoms with Crippen LogP contribution < -0.4 is 16.0 Å². The summed E-state index contributed by atoms with van der Waals surface area (Å²) < 4.78 is 0. The smallest absolute Gasteiger partial charge is 0.238 e. The number of amides is 1. The Hall–Kier alpha value is -1.55. The minimum atomic E-state index is -0.171. The van der Waals surface area contributed by atoms with E-state index in [1.54, 1.807) is 0 Å². The molecular weight excluding hydrogens is 250 g/mol. The van der Waals surface area contributed by atoms with Gasteiger partial charge < -0.3 is 16.0 Å². The predicted molar refractivity (Wildman–Crippen MR) is 88.2 cm³/mol. The molecule has 0 radical (unpaired) electrons. The first-order chi connectivity index (χ1) is 9.44. The monoisotopic (exact) mass is 279 g/mol. The summed E-state index contributed by atoms with van der Waals surface area (Å²) in [5.74, 6) is 0.663. The van der Waals surface area contributed by atoms with Crippen molar-refractivity contribution < 1.29 is 4.79 Å². The van der Waals surface area contributed by atoms with Crippen molar-refractivity contribution in [2.24, 2.45) is 11.7 Å². The van der Waals surface area contributed by atoms with Gasteiger partial charge in [-0.2, -0.15) is 0 Å². The highest BCUT2D eigenvalue weighted by Crippen LogP contribution is 2.17. The van der Waals surface area contributed by atoms with Gasteiger partial charge in [0.15, 0.2) is 0 Å². The van der Waals surface area contributed by atoms with E-state index in [1.165, 1.54) is 0 Å². The van der Waals surface area contributed by atoms with Crippen molar-refractivity contribution in [1.29, 1.82) is 0 Å². The van der Waals surface area contributed by atoms with Crippen molar-refractivity contribution in [3.8, 4) is 0 Å². The third-order valence-corrected chi connectivity index (χ3v) is 2.47. The number of nitrogens with zero attached hydrogens (tertiary/aromatic N) is 1. The first kappa shape index (κ1) is 18.4. The molecule has 1 aromatic carbocycles. The maximum Gasteiger partial charge on any atom is 0.238 e. The summed E-state index contributed by atoms with van der Waals surface area (Å²) in [5.41, 5.74) is 7.17. The lowest BCUT2D eigenvalue weighted by Gasteiger charge is -2.21. The lowest BCUT2D eigenvalue weighted by atomic mass is 10.2. The van der Waals surface area contributed by atoms with E-state index >= 15 is 0 Å². The predicted octanol–water partition coefficient (Wildman–Crippen LogP) is 3.09. The van der Waals surface area contributed by atoms with Gasteiger partial charge in [0.25, 0.3) is 0 Å². The summed E-state index contributed by atoms with van der Waals surface area (Å²) in [4.78, 5) is 13.3. The van der Waals surface area contributed by atoms with Crippen LogP contribution in [-0.4, -0.2) is 25.5 Å². The van der Waals surface area contributed by atoms with E-state index < -0.39 is 0 Å². The van der Waals surface area contributed by atoms with Crippen LogP contribution >= 0.6 is 0 Å². The molecule has 4 heteroatoms. The van der Waals surface area contributed by atoms with Crippen molar-refractivity contribution in [3.05, 3.63) is 24.3 Å². The van der Waals surface area contributed by atoms with Gasteiger partial charge in [0.2, 0.25) is 5.91 Å². The zero-order valence-corrected chi connectivity index (χ0v) is 13.4. The lowest BCUT2D eigenvalue weighted by molar-refractivity contribution is -0.114. The maximum atomic E-state index is 11.1. The highest BCUT2D eigenvalue weighted by molar-refractivity contribution is 5.92. The van der Waals surface area contributed by atoms with E-state index in [0.29, 0.717) is 0 Å². The van der Waals surface area contributed by atoms with Crippen molar-refractivity contribution in [3.63, 3.8) is 0 Å². The number of nitrogens with two attached hydrogens (primary N) is 1. The molecule has 20 heavy (non-hydrogen) atoms. The van der Waals surface area contributed by atoms with Crippen molar-refractivity contribution in [2.45, 2.75) is 34.6 Å². The second-order valence-corrected chi connectivity index (χ2v) is 5.20. The Morgan fingerprint density at radius 2 is 1.60 bits per heavy atom. The molecule has 0 unspecified atom stereocenters. The molecule has 0 aromatic heterocycles. The van der Waals surface area contributed by atoms with Crippen LogP contribution in [0.15, 0.2) is 24.3 Å². The van der Waals surface area contributed by atoms with Crippen LogP contribution in [0.1, 0.15) is 34.6 Å². The Balaban J connectivity index is 0.000000796. The summed E-state index contributed by atoms with van der Waals surface area (Å²) in [6.07, 6.45) is 0.